The molecular weight excluding hydrogens is 392 g/mol. The van der Waals surface area contributed by atoms with Crippen LogP contribution in [0.15, 0.2) is 47.5 Å². The smallest absolute Gasteiger partial charge is 0.251 e. The number of hydrogen-bond acceptors (Lipinski definition) is 7. The Morgan fingerprint density at radius 1 is 1.13 bits per heavy atom. The van der Waals surface area contributed by atoms with Crippen LogP contribution < -0.4 is 15.8 Å². The fourth-order valence-corrected chi connectivity index (χ4v) is 3.73. The number of nitrogens with zero attached hydrogens (tertiary/aromatic N) is 4. The highest BCUT2D eigenvalue weighted by molar-refractivity contribution is 5.56. The minimum absolute atomic E-state index is 0.152. The van der Waals surface area contributed by atoms with E-state index in [2.05, 4.69) is 56.1 Å². The molecule has 0 spiro atoms. The van der Waals surface area contributed by atoms with Crippen LogP contribution in [0.5, 0.6) is 0 Å². The van der Waals surface area contributed by atoms with Gasteiger partial charge >= 0.3 is 0 Å². The monoisotopic (exact) mass is 420 g/mol. The third-order valence-electron chi connectivity index (χ3n) is 5.22. The highest BCUT2D eigenvalue weighted by atomic mass is 16.5. The number of aromatic amines is 1. The number of rotatable bonds is 6. The van der Waals surface area contributed by atoms with Crippen LogP contribution in [-0.4, -0.2) is 45.2 Å². The number of ether oxygens (including phenoxy) is 1. The molecule has 3 aromatic heterocycles. The molecule has 1 saturated heterocycles. The number of nitrogens with one attached hydrogen (secondary N) is 2. The van der Waals surface area contributed by atoms with Crippen molar-refractivity contribution in [1.29, 1.82) is 0 Å². The molecule has 0 amide bonds. The van der Waals surface area contributed by atoms with Crippen LogP contribution in [0.4, 0.5) is 11.6 Å². The van der Waals surface area contributed by atoms with E-state index in [1.165, 1.54) is 6.07 Å². The molecule has 2 unspecified atom stereocenters. The van der Waals surface area contributed by atoms with Crippen molar-refractivity contribution in [3.63, 3.8) is 0 Å². The quantitative estimate of drug-likeness (QED) is 0.633. The Morgan fingerprint density at radius 3 is 2.58 bits per heavy atom. The van der Waals surface area contributed by atoms with Gasteiger partial charge in [-0.25, -0.2) is 15.0 Å². The Labute approximate surface area is 181 Å². The zero-order valence-corrected chi connectivity index (χ0v) is 18.1. The van der Waals surface area contributed by atoms with Gasteiger partial charge in [-0.1, -0.05) is 13.0 Å². The average Bonchev–Trinajstić information content (AvgIpc) is 2.77. The lowest BCUT2D eigenvalue weighted by atomic mass is 10.2. The highest BCUT2D eigenvalue weighted by Gasteiger charge is 2.22. The molecule has 8 heteroatoms. The molecule has 4 heterocycles. The number of hydrogen-bond donors (Lipinski definition) is 2. The van der Waals surface area contributed by atoms with Crippen LogP contribution in [-0.2, 0) is 17.7 Å². The van der Waals surface area contributed by atoms with Crippen molar-refractivity contribution in [2.24, 2.45) is 0 Å². The van der Waals surface area contributed by atoms with Gasteiger partial charge in [0, 0.05) is 49.4 Å². The van der Waals surface area contributed by atoms with Gasteiger partial charge in [0.25, 0.3) is 5.56 Å². The second-order valence-electron chi connectivity index (χ2n) is 7.91. The fraction of sp³-hybridized carbons (Fsp3) is 0.391. The molecular formula is C23H28N6O2. The van der Waals surface area contributed by atoms with Crippen molar-refractivity contribution in [2.45, 2.75) is 45.9 Å². The topological polar surface area (TPSA) is 96.0 Å². The molecule has 1 aliphatic rings. The molecule has 4 rings (SSSR count). The van der Waals surface area contributed by atoms with E-state index >= 15 is 0 Å². The van der Waals surface area contributed by atoms with Crippen molar-refractivity contribution in [3.05, 3.63) is 64.3 Å². The summed E-state index contributed by atoms with van der Waals surface area (Å²) in [7, 11) is 0. The van der Waals surface area contributed by atoms with Crippen molar-refractivity contribution < 1.29 is 4.74 Å². The predicted molar refractivity (Wildman–Crippen MR) is 121 cm³/mol. The van der Waals surface area contributed by atoms with Gasteiger partial charge in [0.2, 0.25) is 0 Å². The third-order valence-corrected chi connectivity index (χ3v) is 5.22. The maximum atomic E-state index is 11.8. The molecule has 8 nitrogen and oxygen atoms in total. The molecule has 2 N–H and O–H groups in total. The lowest BCUT2D eigenvalue weighted by molar-refractivity contribution is -0.00545. The molecule has 0 saturated carbocycles. The zero-order chi connectivity index (χ0) is 21.8. The normalized spacial score (nSPS) is 18.7. The van der Waals surface area contributed by atoms with Gasteiger partial charge in [-0.15, -0.1) is 0 Å². The summed E-state index contributed by atoms with van der Waals surface area (Å²) >= 11 is 0. The van der Waals surface area contributed by atoms with Crippen LogP contribution in [0, 0.1) is 0 Å². The summed E-state index contributed by atoms with van der Waals surface area (Å²) in [5, 5.41) is 3.31. The maximum Gasteiger partial charge on any atom is 0.251 e. The van der Waals surface area contributed by atoms with Gasteiger partial charge < -0.3 is 19.9 Å². The van der Waals surface area contributed by atoms with Crippen molar-refractivity contribution in [3.8, 4) is 11.4 Å². The van der Waals surface area contributed by atoms with E-state index in [9.17, 15) is 4.79 Å². The lowest BCUT2D eigenvalue weighted by Crippen LogP contribution is -2.45. The predicted octanol–water partition coefficient (Wildman–Crippen LogP) is 3.02. The minimum atomic E-state index is -0.152. The molecule has 3 aromatic rings. The van der Waals surface area contributed by atoms with Crippen LogP contribution >= 0.6 is 0 Å². The van der Waals surface area contributed by atoms with Gasteiger partial charge in [-0.2, -0.15) is 0 Å². The average molecular weight is 421 g/mol. The minimum Gasteiger partial charge on any atom is -0.372 e. The number of anilines is 2. The Hall–Kier alpha value is -3.26. The Morgan fingerprint density at radius 2 is 1.94 bits per heavy atom. The summed E-state index contributed by atoms with van der Waals surface area (Å²) in [6.45, 7) is 8.48. The highest BCUT2D eigenvalue weighted by Crippen LogP contribution is 2.19. The Balaban J connectivity index is 1.37. The van der Waals surface area contributed by atoms with Gasteiger partial charge in [0.1, 0.15) is 17.5 Å². The molecule has 2 atom stereocenters. The lowest BCUT2D eigenvalue weighted by Gasteiger charge is -2.36. The summed E-state index contributed by atoms with van der Waals surface area (Å²) in [6, 6.07) is 9.44. The SMILES string of the molecule is CCc1cc(=O)[nH]c(-c2ccc(NCc3ccc(N4CC(C)OC(C)C4)nc3)nc2)n1. The van der Waals surface area contributed by atoms with E-state index in [-0.39, 0.29) is 17.8 Å². The van der Waals surface area contributed by atoms with E-state index in [1.54, 1.807) is 6.20 Å². The summed E-state index contributed by atoms with van der Waals surface area (Å²) in [6.07, 6.45) is 4.73. The van der Waals surface area contributed by atoms with Crippen LogP contribution in [0.1, 0.15) is 32.0 Å². The van der Waals surface area contributed by atoms with Gasteiger partial charge in [0.15, 0.2) is 0 Å². The second kappa shape index (κ2) is 9.26. The van der Waals surface area contributed by atoms with E-state index in [0.29, 0.717) is 18.8 Å². The van der Waals surface area contributed by atoms with Crippen molar-refractivity contribution >= 4 is 11.6 Å². The second-order valence-corrected chi connectivity index (χ2v) is 7.91. The van der Waals surface area contributed by atoms with Crippen molar-refractivity contribution in [1.82, 2.24) is 19.9 Å². The fourth-order valence-electron chi connectivity index (χ4n) is 3.73. The van der Waals surface area contributed by atoms with E-state index in [4.69, 9.17) is 4.74 Å². The first kappa shape index (κ1) is 21.0. The number of aryl methyl sites for hydroxylation is 1. The summed E-state index contributed by atoms with van der Waals surface area (Å²) in [5.41, 5.74) is 2.46. The first-order chi connectivity index (χ1) is 15.0. The van der Waals surface area contributed by atoms with Crippen LogP contribution in [0.25, 0.3) is 11.4 Å². The van der Waals surface area contributed by atoms with Crippen LogP contribution in [0.2, 0.25) is 0 Å². The van der Waals surface area contributed by atoms with Gasteiger partial charge in [-0.05, 0) is 44.0 Å². The molecule has 0 bridgehead atoms. The molecule has 1 fully saturated rings. The molecule has 0 radical (unpaired) electrons. The van der Waals surface area contributed by atoms with E-state index in [0.717, 1.165) is 41.5 Å². The summed E-state index contributed by atoms with van der Waals surface area (Å²) in [4.78, 5) is 30.4. The molecule has 1 aliphatic heterocycles. The number of H-pyrrole nitrogens is 1. The Bertz CT molecular complexity index is 1050. The standard InChI is InChI=1S/C23H28N6O2/c1-4-19-9-22(30)28-23(27-19)18-6-7-20(25-12-18)24-10-17-5-8-21(26-11-17)29-13-15(2)31-16(3)14-29/h5-9,11-12,15-16H,4,10,13-14H2,1-3H3,(H,24,25)(H,27,28,30). The van der Waals surface area contributed by atoms with Gasteiger partial charge in [-0.3, -0.25) is 4.79 Å². The molecule has 31 heavy (non-hydrogen) atoms. The summed E-state index contributed by atoms with van der Waals surface area (Å²) in [5.74, 6) is 2.26. The summed E-state index contributed by atoms with van der Waals surface area (Å²) < 4.78 is 5.80. The number of aromatic nitrogens is 4. The number of pyridine rings is 2. The molecule has 0 aromatic carbocycles. The van der Waals surface area contributed by atoms with Crippen molar-refractivity contribution in [2.75, 3.05) is 23.3 Å². The number of morpholine rings is 1. The largest absolute Gasteiger partial charge is 0.372 e. The Kier molecular flexibility index (Phi) is 6.27. The third kappa shape index (κ3) is 5.27. The first-order valence-corrected chi connectivity index (χ1v) is 10.7. The van der Waals surface area contributed by atoms with Crippen LogP contribution in [0.3, 0.4) is 0 Å². The van der Waals surface area contributed by atoms with E-state index in [1.807, 2.05) is 25.3 Å². The molecule has 0 aliphatic carbocycles. The maximum absolute atomic E-state index is 11.8. The van der Waals surface area contributed by atoms with Gasteiger partial charge in [0.05, 0.1) is 12.2 Å². The first-order valence-electron chi connectivity index (χ1n) is 10.7. The zero-order valence-electron chi connectivity index (χ0n) is 18.1. The van der Waals surface area contributed by atoms with E-state index < -0.39 is 0 Å². The molecule has 162 valence electrons.